The van der Waals surface area contributed by atoms with Gasteiger partial charge in [0.15, 0.2) is 5.01 Å². The summed E-state index contributed by atoms with van der Waals surface area (Å²) in [7, 11) is 0. The zero-order chi connectivity index (χ0) is 13.2. The molecule has 0 spiro atoms. The molecule has 2 N–H and O–H groups in total. The Balaban J connectivity index is 1.95. The number of nitrogens with zero attached hydrogens (tertiary/aromatic N) is 2. The first-order valence-corrected chi connectivity index (χ1v) is 6.36. The van der Waals surface area contributed by atoms with Gasteiger partial charge in [0.2, 0.25) is 0 Å². The lowest BCUT2D eigenvalue weighted by Crippen LogP contribution is -2.44. The van der Waals surface area contributed by atoms with Crippen molar-refractivity contribution >= 4 is 11.3 Å². The largest absolute Gasteiger partial charge is 0.443 e. The summed E-state index contributed by atoms with van der Waals surface area (Å²) in [5.74, 6) is 0. The maximum Gasteiger partial charge on any atom is 0.443 e. The smallest absolute Gasteiger partial charge is 0.374 e. The Morgan fingerprint density at radius 1 is 1.56 bits per heavy atom. The molecule has 8 heteroatoms. The first kappa shape index (κ1) is 13.7. The average Bonchev–Trinajstić information content (AvgIpc) is 2.77. The van der Waals surface area contributed by atoms with Crippen molar-refractivity contribution in [3.05, 3.63) is 16.1 Å². The van der Waals surface area contributed by atoms with Crippen molar-refractivity contribution in [2.75, 3.05) is 26.2 Å². The number of halogens is 3. The van der Waals surface area contributed by atoms with Gasteiger partial charge in [-0.3, -0.25) is 4.90 Å². The van der Waals surface area contributed by atoms with Crippen molar-refractivity contribution in [2.45, 2.75) is 18.8 Å². The van der Waals surface area contributed by atoms with Gasteiger partial charge in [-0.15, -0.1) is 11.3 Å². The molecule has 1 aromatic heterocycles. The third-order valence-electron chi connectivity index (χ3n) is 2.66. The number of hydrogen-bond acceptors (Lipinski definition) is 5. The maximum absolute atomic E-state index is 12.4. The third kappa shape index (κ3) is 3.41. The molecule has 1 fully saturated rings. The van der Waals surface area contributed by atoms with Crippen LogP contribution in [0.1, 0.15) is 9.88 Å². The molecule has 0 radical (unpaired) electrons. The molecule has 102 valence electrons. The molecule has 1 aliphatic rings. The Bertz CT molecular complexity index is 396. The van der Waals surface area contributed by atoms with Crippen LogP contribution in [-0.4, -0.2) is 42.2 Å². The number of morpholine rings is 1. The second-order valence-corrected chi connectivity index (χ2v) is 5.21. The van der Waals surface area contributed by atoms with Crippen LogP contribution in [0.15, 0.2) is 6.20 Å². The predicted molar refractivity (Wildman–Crippen MR) is 61.2 cm³/mol. The fraction of sp³-hybridized carbons (Fsp3) is 0.700. The van der Waals surface area contributed by atoms with Crippen LogP contribution in [0.25, 0.3) is 0 Å². The van der Waals surface area contributed by atoms with Crippen molar-refractivity contribution in [1.29, 1.82) is 0 Å². The van der Waals surface area contributed by atoms with Crippen LogP contribution < -0.4 is 5.73 Å². The summed E-state index contributed by atoms with van der Waals surface area (Å²) in [6.07, 6.45) is -3.09. The van der Waals surface area contributed by atoms with Gasteiger partial charge in [0, 0.05) is 37.3 Å². The van der Waals surface area contributed by atoms with Gasteiger partial charge < -0.3 is 10.5 Å². The van der Waals surface area contributed by atoms with Crippen molar-refractivity contribution in [3.8, 4) is 0 Å². The predicted octanol–water partition coefficient (Wildman–Crippen LogP) is 1.32. The van der Waals surface area contributed by atoms with Crippen LogP contribution in [0, 0.1) is 0 Å². The van der Waals surface area contributed by atoms with Gasteiger partial charge in [-0.2, -0.15) is 13.2 Å². The number of thiazole rings is 1. The van der Waals surface area contributed by atoms with Crippen LogP contribution >= 0.6 is 11.3 Å². The van der Waals surface area contributed by atoms with E-state index in [1.54, 1.807) is 0 Å². The zero-order valence-corrected chi connectivity index (χ0v) is 10.4. The molecule has 0 saturated carbocycles. The number of alkyl halides is 3. The molecule has 4 nitrogen and oxygen atoms in total. The van der Waals surface area contributed by atoms with Crippen molar-refractivity contribution in [1.82, 2.24) is 9.88 Å². The minimum absolute atomic E-state index is 0.0336. The Morgan fingerprint density at radius 3 is 2.94 bits per heavy atom. The monoisotopic (exact) mass is 281 g/mol. The molecule has 0 bridgehead atoms. The van der Waals surface area contributed by atoms with Crippen LogP contribution in [0.2, 0.25) is 0 Å². The lowest BCUT2D eigenvalue weighted by atomic mass is 10.2. The zero-order valence-electron chi connectivity index (χ0n) is 9.61. The fourth-order valence-corrected chi connectivity index (χ4v) is 2.62. The van der Waals surface area contributed by atoms with E-state index in [0.29, 0.717) is 49.0 Å². The minimum Gasteiger partial charge on any atom is -0.374 e. The van der Waals surface area contributed by atoms with E-state index in [1.807, 2.05) is 4.90 Å². The summed E-state index contributed by atoms with van der Waals surface area (Å²) >= 11 is 0.692. The molecular weight excluding hydrogens is 267 g/mol. The van der Waals surface area contributed by atoms with E-state index in [4.69, 9.17) is 10.5 Å². The first-order valence-electron chi connectivity index (χ1n) is 5.55. The molecule has 1 saturated heterocycles. The SMILES string of the molecule is NCC1CN(Cc2cnc(C(F)(F)F)s2)CCO1. The lowest BCUT2D eigenvalue weighted by Gasteiger charge is -2.31. The molecule has 1 aromatic rings. The molecule has 2 rings (SSSR count). The van der Waals surface area contributed by atoms with Gasteiger partial charge in [0.25, 0.3) is 0 Å². The molecule has 1 atom stereocenters. The van der Waals surface area contributed by atoms with Gasteiger partial charge in [-0.05, 0) is 0 Å². The summed E-state index contributed by atoms with van der Waals surface area (Å²) in [5, 5.41) is -0.791. The second-order valence-electron chi connectivity index (χ2n) is 4.09. The van der Waals surface area contributed by atoms with E-state index in [2.05, 4.69) is 4.98 Å². The highest BCUT2D eigenvalue weighted by molar-refractivity contribution is 7.11. The second kappa shape index (κ2) is 5.52. The molecular formula is C10H14F3N3OS. The topological polar surface area (TPSA) is 51.4 Å². The Labute approximate surface area is 107 Å². The summed E-state index contributed by atoms with van der Waals surface area (Å²) in [6.45, 7) is 2.80. The van der Waals surface area contributed by atoms with Crippen LogP contribution in [0.3, 0.4) is 0 Å². The fourth-order valence-electron chi connectivity index (χ4n) is 1.80. The number of nitrogens with two attached hydrogens (primary N) is 1. The van der Waals surface area contributed by atoms with Gasteiger partial charge in [-0.25, -0.2) is 4.98 Å². The van der Waals surface area contributed by atoms with E-state index in [0.717, 1.165) is 0 Å². The Kier molecular flexibility index (Phi) is 4.21. The van der Waals surface area contributed by atoms with Gasteiger partial charge in [-0.1, -0.05) is 0 Å². The van der Waals surface area contributed by atoms with E-state index in [9.17, 15) is 13.2 Å². The van der Waals surface area contributed by atoms with Crippen molar-refractivity contribution < 1.29 is 17.9 Å². The van der Waals surface area contributed by atoms with E-state index < -0.39 is 11.2 Å². The quantitative estimate of drug-likeness (QED) is 0.908. The normalized spacial score (nSPS) is 22.3. The van der Waals surface area contributed by atoms with Crippen LogP contribution in [-0.2, 0) is 17.5 Å². The molecule has 18 heavy (non-hydrogen) atoms. The maximum atomic E-state index is 12.4. The standard InChI is InChI=1S/C10H14F3N3OS/c11-10(12,13)9-15-4-8(18-9)6-16-1-2-17-7(3-14)5-16/h4,7H,1-3,5-6,14H2. The Morgan fingerprint density at radius 2 is 2.33 bits per heavy atom. The first-order chi connectivity index (χ1) is 8.49. The highest BCUT2D eigenvalue weighted by Crippen LogP contribution is 2.32. The molecule has 0 aliphatic carbocycles. The number of hydrogen-bond donors (Lipinski definition) is 1. The van der Waals surface area contributed by atoms with Gasteiger partial charge in [0.1, 0.15) is 0 Å². The van der Waals surface area contributed by atoms with Crippen molar-refractivity contribution in [3.63, 3.8) is 0 Å². The number of aromatic nitrogens is 1. The number of rotatable bonds is 3. The molecule has 0 amide bonds. The van der Waals surface area contributed by atoms with E-state index in [1.165, 1.54) is 6.20 Å². The molecule has 2 heterocycles. The highest BCUT2D eigenvalue weighted by Gasteiger charge is 2.34. The lowest BCUT2D eigenvalue weighted by molar-refractivity contribution is -0.137. The van der Waals surface area contributed by atoms with Crippen LogP contribution in [0.5, 0.6) is 0 Å². The van der Waals surface area contributed by atoms with E-state index >= 15 is 0 Å². The van der Waals surface area contributed by atoms with Crippen LogP contribution in [0.4, 0.5) is 13.2 Å². The average molecular weight is 281 g/mol. The summed E-state index contributed by atoms with van der Waals surface area (Å²) in [6, 6.07) is 0. The Hall–Kier alpha value is -0.700. The molecule has 1 aliphatic heterocycles. The summed E-state index contributed by atoms with van der Waals surface area (Å²) in [4.78, 5) is 6.05. The molecule has 1 unspecified atom stereocenters. The van der Waals surface area contributed by atoms with Gasteiger partial charge >= 0.3 is 6.18 Å². The van der Waals surface area contributed by atoms with Gasteiger partial charge in [0.05, 0.1) is 12.7 Å². The minimum atomic E-state index is -4.35. The van der Waals surface area contributed by atoms with E-state index in [-0.39, 0.29) is 6.10 Å². The number of ether oxygens (including phenoxy) is 1. The third-order valence-corrected chi connectivity index (χ3v) is 3.69. The highest BCUT2D eigenvalue weighted by atomic mass is 32.1. The molecule has 0 aromatic carbocycles. The summed E-state index contributed by atoms with van der Waals surface area (Å²) in [5.41, 5.74) is 5.51. The summed E-state index contributed by atoms with van der Waals surface area (Å²) < 4.78 is 42.6. The van der Waals surface area contributed by atoms with Crippen molar-refractivity contribution in [2.24, 2.45) is 5.73 Å².